The standard InChI is InChI=1S/C13H14F3NO2/c14-13(15,16)10-3-1-9(2-4-10)11(19)17-7-12(8-18)5-6-12/h1-4,18H,5-8H2,(H,17,19). The number of nitrogens with one attached hydrogen (secondary N) is 1. The quantitative estimate of drug-likeness (QED) is 0.883. The molecular formula is C13H14F3NO2. The molecule has 2 N–H and O–H groups in total. The lowest BCUT2D eigenvalue weighted by atomic mass is 10.1. The summed E-state index contributed by atoms with van der Waals surface area (Å²) in [6.07, 6.45) is -2.68. The lowest BCUT2D eigenvalue weighted by Gasteiger charge is -2.13. The van der Waals surface area contributed by atoms with Crippen LogP contribution in [0.15, 0.2) is 24.3 Å². The van der Waals surface area contributed by atoms with Gasteiger partial charge >= 0.3 is 6.18 Å². The summed E-state index contributed by atoms with van der Waals surface area (Å²) in [5.74, 6) is -0.423. The van der Waals surface area contributed by atoms with Crippen LogP contribution in [0.1, 0.15) is 28.8 Å². The lowest BCUT2D eigenvalue weighted by molar-refractivity contribution is -0.137. The SMILES string of the molecule is O=C(NCC1(CO)CC1)c1ccc(C(F)(F)F)cc1. The maximum Gasteiger partial charge on any atom is 0.416 e. The summed E-state index contributed by atoms with van der Waals surface area (Å²) < 4.78 is 37.1. The second kappa shape index (κ2) is 4.85. The van der Waals surface area contributed by atoms with Crippen molar-refractivity contribution in [2.75, 3.05) is 13.2 Å². The van der Waals surface area contributed by atoms with Crippen LogP contribution in [0.5, 0.6) is 0 Å². The monoisotopic (exact) mass is 273 g/mol. The van der Waals surface area contributed by atoms with Gasteiger partial charge in [0, 0.05) is 17.5 Å². The Labute approximate surface area is 108 Å². The van der Waals surface area contributed by atoms with Gasteiger partial charge in [-0.3, -0.25) is 4.79 Å². The number of carbonyl (C=O) groups is 1. The first-order chi connectivity index (χ1) is 8.86. The molecule has 1 aromatic rings. The number of halogens is 3. The highest BCUT2D eigenvalue weighted by Crippen LogP contribution is 2.44. The molecule has 0 spiro atoms. The fourth-order valence-electron chi connectivity index (χ4n) is 1.75. The minimum atomic E-state index is -4.40. The summed E-state index contributed by atoms with van der Waals surface area (Å²) in [5.41, 5.74) is -0.818. The Bertz CT molecular complexity index is 464. The average Bonchev–Trinajstić information content (AvgIpc) is 3.16. The van der Waals surface area contributed by atoms with Crippen molar-refractivity contribution < 1.29 is 23.1 Å². The van der Waals surface area contributed by atoms with E-state index in [2.05, 4.69) is 5.32 Å². The van der Waals surface area contributed by atoms with Crippen LogP contribution in [0.2, 0.25) is 0 Å². The van der Waals surface area contributed by atoms with E-state index in [1.807, 2.05) is 0 Å². The predicted octanol–water partition coefficient (Wildman–Crippen LogP) is 2.21. The number of aliphatic hydroxyl groups is 1. The first-order valence-electron chi connectivity index (χ1n) is 5.93. The van der Waals surface area contributed by atoms with Crippen LogP contribution in [-0.4, -0.2) is 24.2 Å². The fraction of sp³-hybridized carbons (Fsp3) is 0.462. The zero-order valence-corrected chi connectivity index (χ0v) is 10.1. The molecule has 0 heterocycles. The van der Waals surface area contributed by atoms with Crippen LogP contribution in [0, 0.1) is 5.41 Å². The van der Waals surface area contributed by atoms with Gasteiger partial charge in [-0.2, -0.15) is 13.2 Å². The van der Waals surface area contributed by atoms with Gasteiger partial charge in [-0.25, -0.2) is 0 Å². The highest BCUT2D eigenvalue weighted by atomic mass is 19.4. The van der Waals surface area contributed by atoms with E-state index in [0.717, 1.165) is 37.1 Å². The third-order valence-corrected chi connectivity index (χ3v) is 3.39. The Hall–Kier alpha value is -1.56. The number of aliphatic hydroxyl groups excluding tert-OH is 1. The van der Waals surface area contributed by atoms with Crippen molar-refractivity contribution in [1.82, 2.24) is 5.32 Å². The van der Waals surface area contributed by atoms with E-state index in [4.69, 9.17) is 5.11 Å². The summed E-state index contributed by atoms with van der Waals surface area (Å²) in [6, 6.07) is 4.06. The Balaban J connectivity index is 1.96. The van der Waals surface area contributed by atoms with Crippen LogP contribution in [0.3, 0.4) is 0 Å². The van der Waals surface area contributed by atoms with Gasteiger partial charge in [-0.15, -0.1) is 0 Å². The van der Waals surface area contributed by atoms with Crippen molar-refractivity contribution in [2.45, 2.75) is 19.0 Å². The maximum atomic E-state index is 12.4. The highest BCUT2D eigenvalue weighted by Gasteiger charge is 2.42. The van der Waals surface area contributed by atoms with Gasteiger partial charge in [0.25, 0.3) is 5.91 Å². The molecule has 104 valence electrons. The molecule has 2 rings (SSSR count). The Morgan fingerprint density at radius 3 is 2.26 bits per heavy atom. The van der Waals surface area contributed by atoms with E-state index >= 15 is 0 Å². The zero-order valence-electron chi connectivity index (χ0n) is 10.1. The first-order valence-corrected chi connectivity index (χ1v) is 5.93. The van der Waals surface area contributed by atoms with Crippen LogP contribution >= 0.6 is 0 Å². The van der Waals surface area contributed by atoms with Crippen molar-refractivity contribution in [3.8, 4) is 0 Å². The van der Waals surface area contributed by atoms with Gasteiger partial charge < -0.3 is 10.4 Å². The van der Waals surface area contributed by atoms with Crippen molar-refractivity contribution in [1.29, 1.82) is 0 Å². The number of benzene rings is 1. The molecule has 0 atom stereocenters. The van der Waals surface area contributed by atoms with Gasteiger partial charge in [0.1, 0.15) is 0 Å². The van der Waals surface area contributed by atoms with Crippen molar-refractivity contribution in [2.24, 2.45) is 5.41 Å². The molecule has 0 aromatic heterocycles. The van der Waals surface area contributed by atoms with E-state index in [1.54, 1.807) is 0 Å². The second-order valence-electron chi connectivity index (χ2n) is 4.92. The number of alkyl halides is 3. The Kier molecular flexibility index (Phi) is 3.54. The summed E-state index contributed by atoms with van der Waals surface area (Å²) in [4.78, 5) is 11.7. The van der Waals surface area contributed by atoms with Crippen LogP contribution in [0.25, 0.3) is 0 Å². The van der Waals surface area contributed by atoms with Gasteiger partial charge in [-0.1, -0.05) is 0 Å². The van der Waals surface area contributed by atoms with E-state index in [0.29, 0.717) is 6.54 Å². The maximum absolute atomic E-state index is 12.4. The summed E-state index contributed by atoms with van der Waals surface area (Å²) in [5, 5.41) is 11.7. The van der Waals surface area contributed by atoms with E-state index in [9.17, 15) is 18.0 Å². The second-order valence-corrected chi connectivity index (χ2v) is 4.92. The molecule has 0 unspecified atom stereocenters. The smallest absolute Gasteiger partial charge is 0.396 e. The van der Waals surface area contributed by atoms with Crippen molar-refractivity contribution >= 4 is 5.91 Å². The minimum absolute atomic E-state index is 0.0142. The molecule has 0 bridgehead atoms. The molecule has 19 heavy (non-hydrogen) atoms. The molecule has 1 saturated carbocycles. The third kappa shape index (κ3) is 3.26. The molecule has 1 aliphatic rings. The normalized spacial score (nSPS) is 17.1. The van der Waals surface area contributed by atoms with E-state index in [-0.39, 0.29) is 17.6 Å². The largest absolute Gasteiger partial charge is 0.416 e. The Morgan fingerprint density at radius 2 is 1.84 bits per heavy atom. The first kappa shape index (κ1) is 13.9. The minimum Gasteiger partial charge on any atom is -0.396 e. The molecule has 1 aliphatic carbocycles. The molecule has 0 radical (unpaired) electrons. The van der Waals surface area contributed by atoms with Crippen molar-refractivity contribution in [3.05, 3.63) is 35.4 Å². The lowest BCUT2D eigenvalue weighted by Crippen LogP contribution is -2.31. The number of hydrogen-bond donors (Lipinski definition) is 2. The van der Waals surface area contributed by atoms with Crippen molar-refractivity contribution in [3.63, 3.8) is 0 Å². The van der Waals surface area contributed by atoms with E-state index < -0.39 is 17.6 Å². The van der Waals surface area contributed by atoms with Crippen LogP contribution in [0.4, 0.5) is 13.2 Å². The topological polar surface area (TPSA) is 49.3 Å². The molecule has 3 nitrogen and oxygen atoms in total. The molecule has 1 fully saturated rings. The number of carbonyl (C=O) groups excluding carboxylic acids is 1. The molecule has 0 saturated heterocycles. The molecular weight excluding hydrogens is 259 g/mol. The summed E-state index contributed by atoms with van der Waals surface area (Å²) in [6.45, 7) is 0.365. The predicted molar refractivity (Wildman–Crippen MR) is 62.5 cm³/mol. The highest BCUT2D eigenvalue weighted by molar-refractivity contribution is 5.94. The third-order valence-electron chi connectivity index (χ3n) is 3.39. The molecule has 0 aliphatic heterocycles. The fourth-order valence-corrected chi connectivity index (χ4v) is 1.75. The van der Waals surface area contributed by atoms with Crippen LogP contribution < -0.4 is 5.32 Å². The summed E-state index contributed by atoms with van der Waals surface area (Å²) >= 11 is 0. The molecule has 1 aromatic carbocycles. The Morgan fingerprint density at radius 1 is 1.26 bits per heavy atom. The van der Waals surface area contributed by atoms with Crippen LogP contribution in [-0.2, 0) is 6.18 Å². The molecule has 6 heteroatoms. The number of amides is 1. The molecule has 1 amide bonds. The summed E-state index contributed by atoms with van der Waals surface area (Å²) in [7, 11) is 0. The van der Waals surface area contributed by atoms with Gasteiger partial charge in [-0.05, 0) is 37.1 Å². The van der Waals surface area contributed by atoms with Gasteiger partial charge in [0.2, 0.25) is 0 Å². The van der Waals surface area contributed by atoms with Gasteiger partial charge in [0.05, 0.1) is 12.2 Å². The average molecular weight is 273 g/mol. The zero-order chi connectivity index (χ0) is 14.1. The van der Waals surface area contributed by atoms with E-state index in [1.165, 1.54) is 0 Å². The number of hydrogen-bond acceptors (Lipinski definition) is 2. The van der Waals surface area contributed by atoms with Gasteiger partial charge in [0.15, 0.2) is 0 Å². The number of rotatable bonds is 4.